The van der Waals surface area contributed by atoms with E-state index in [-0.39, 0.29) is 10.1 Å². The molecule has 0 bridgehead atoms. The summed E-state index contributed by atoms with van der Waals surface area (Å²) in [4.78, 5) is 9.18. The third-order valence-electron chi connectivity index (χ3n) is 3.20. The molecule has 0 atom stereocenters. The molecule has 0 fully saturated rings. The summed E-state index contributed by atoms with van der Waals surface area (Å²) in [6, 6.07) is 13.1. The number of hydrogen-bond acceptors (Lipinski definition) is 6. The van der Waals surface area contributed by atoms with Crippen LogP contribution in [-0.4, -0.2) is 35.9 Å². The lowest BCUT2D eigenvalue weighted by molar-refractivity contribution is 0.319. The van der Waals surface area contributed by atoms with Crippen molar-refractivity contribution in [3.8, 4) is 21.7 Å². The van der Waals surface area contributed by atoms with Crippen molar-refractivity contribution in [2.45, 2.75) is 4.34 Å². The summed E-state index contributed by atoms with van der Waals surface area (Å²) in [5.41, 5.74) is 2.24. The number of aromatic nitrogens is 2. The highest BCUT2D eigenvalue weighted by atomic mass is 32.2. The van der Waals surface area contributed by atoms with E-state index in [2.05, 4.69) is 9.97 Å². The first-order chi connectivity index (χ1) is 11.1. The van der Waals surface area contributed by atoms with Gasteiger partial charge in [-0.25, -0.2) is 13.4 Å². The number of thiazole rings is 1. The van der Waals surface area contributed by atoms with Crippen LogP contribution in [0.3, 0.4) is 0 Å². The lowest BCUT2D eigenvalue weighted by Crippen LogP contribution is -2.09. The van der Waals surface area contributed by atoms with Crippen LogP contribution in [0.1, 0.15) is 0 Å². The maximum absolute atomic E-state index is 12.2. The standard InChI is InChI=1S/C16H14N2O3S2/c19-9-10-23(20,21)16-18-14(13-7-4-8-17-11-13)15(22-16)12-5-2-1-3-6-12/h1-8,11,19H,9-10H2. The number of rotatable bonds is 5. The number of benzene rings is 1. The molecule has 0 unspecified atom stereocenters. The van der Waals surface area contributed by atoms with E-state index in [9.17, 15) is 8.42 Å². The molecular formula is C16H14N2O3S2. The smallest absolute Gasteiger partial charge is 0.210 e. The summed E-state index contributed by atoms with van der Waals surface area (Å²) >= 11 is 1.12. The molecule has 118 valence electrons. The predicted molar refractivity (Wildman–Crippen MR) is 89.9 cm³/mol. The first-order valence-electron chi connectivity index (χ1n) is 6.92. The fourth-order valence-electron chi connectivity index (χ4n) is 2.12. The van der Waals surface area contributed by atoms with Crippen LogP contribution in [0.4, 0.5) is 0 Å². The van der Waals surface area contributed by atoms with Crippen LogP contribution in [0.25, 0.3) is 21.7 Å². The molecule has 0 saturated carbocycles. The molecular weight excluding hydrogens is 332 g/mol. The highest BCUT2D eigenvalue weighted by molar-refractivity contribution is 7.93. The Balaban J connectivity index is 2.19. The third kappa shape index (κ3) is 3.31. The minimum atomic E-state index is -3.59. The minimum Gasteiger partial charge on any atom is -0.395 e. The highest BCUT2D eigenvalue weighted by Crippen LogP contribution is 2.38. The number of aliphatic hydroxyl groups is 1. The zero-order chi connectivity index (χ0) is 16.3. The first kappa shape index (κ1) is 15.8. The molecule has 2 heterocycles. The van der Waals surface area contributed by atoms with Gasteiger partial charge in [0, 0.05) is 18.0 Å². The van der Waals surface area contributed by atoms with E-state index in [0.29, 0.717) is 5.69 Å². The molecule has 0 spiro atoms. The second kappa shape index (κ2) is 6.57. The number of nitrogens with zero attached hydrogens (tertiary/aromatic N) is 2. The van der Waals surface area contributed by atoms with Crippen LogP contribution in [0.2, 0.25) is 0 Å². The molecule has 3 aromatic rings. The molecule has 7 heteroatoms. The van der Waals surface area contributed by atoms with E-state index in [1.807, 2.05) is 36.4 Å². The van der Waals surface area contributed by atoms with Gasteiger partial charge in [0.15, 0.2) is 0 Å². The fraction of sp³-hybridized carbons (Fsp3) is 0.125. The Kier molecular flexibility index (Phi) is 4.51. The predicted octanol–water partition coefficient (Wildman–Crippen LogP) is 2.64. The molecule has 0 aliphatic rings. The quantitative estimate of drug-likeness (QED) is 0.768. The zero-order valence-corrected chi connectivity index (χ0v) is 13.7. The molecule has 2 aromatic heterocycles. The Hall–Kier alpha value is -2.09. The minimum absolute atomic E-state index is 0.0178. The molecule has 1 N–H and O–H groups in total. The Morgan fingerprint density at radius 3 is 2.43 bits per heavy atom. The molecule has 0 amide bonds. The summed E-state index contributed by atoms with van der Waals surface area (Å²) in [6.45, 7) is -0.426. The van der Waals surface area contributed by atoms with Crippen LogP contribution in [0.15, 0.2) is 59.2 Å². The second-order valence-electron chi connectivity index (χ2n) is 4.81. The molecule has 23 heavy (non-hydrogen) atoms. The van der Waals surface area contributed by atoms with Crippen LogP contribution < -0.4 is 0 Å². The van der Waals surface area contributed by atoms with Gasteiger partial charge >= 0.3 is 0 Å². The van der Waals surface area contributed by atoms with Gasteiger partial charge < -0.3 is 5.11 Å². The summed E-state index contributed by atoms with van der Waals surface area (Å²) in [5, 5.41) is 8.96. The van der Waals surface area contributed by atoms with Gasteiger partial charge in [-0.3, -0.25) is 4.98 Å². The van der Waals surface area contributed by atoms with Crippen molar-refractivity contribution < 1.29 is 13.5 Å². The Bertz CT molecular complexity index is 835. The van der Waals surface area contributed by atoms with Gasteiger partial charge in [-0.1, -0.05) is 30.3 Å². The Morgan fingerprint density at radius 1 is 1.04 bits per heavy atom. The summed E-state index contributed by atoms with van der Waals surface area (Å²) < 4.78 is 24.5. The van der Waals surface area contributed by atoms with Crippen LogP contribution in [0, 0.1) is 0 Å². The summed E-state index contributed by atoms with van der Waals surface area (Å²) in [7, 11) is -3.59. The lowest BCUT2D eigenvalue weighted by Gasteiger charge is -2.01. The third-order valence-corrected chi connectivity index (χ3v) is 6.46. The van der Waals surface area contributed by atoms with Gasteiger partial charge in [-0.2, -0.15) is 0 Å². The van der Waals surface area contributed by atoms with Gasteiger partial charge in [0.05, 0.1) is 22.9 Å². The number of pyridine rings is 1. The van der Waals surface area contributed by atoms with Crippen molar-refractivity contribution >= 4 is 21.2 Å². The number of hydrogen-bond donors (Lipinski definition) is 1. The van der Waals surface area contributed by atoms with E-state index in [0.717, 1.165) is 27.3 Å². The van der Waals surface area contributed by atoms with E-state index in [1.165, 1.54) is 0 Å². The normalized spacial score (nSPS) is 11.5. The Morgan fingerprint density at radius 2 is 1.78 bits per heavy atom. The van der Waals surface area contributed by atoms with E-state index >= 15 is 0 Å². The molecule has 0 saturated heterocycles. The van der Waals surface area contributed by atoms with Gasteiger partial charge in [0.1, 0.15) is 0 Å². The van der Waals surface area contributed by atoms with Gasteiger partial charge in [-0.15, -0.1) is 11.3 Å². The molecule has 0 aliphatic carbocycles. The Labute approximate surface area is 138 Å². The fourth-order valence-corrected chi connectivity index (χ4v) is 4.60. The lowest BCUT2D eigenvalue weighted by atomic mass is 10.1. The molecule has 0 aliphatic heterocycles. The van der Waals surface area contributed by atoms with Gasteiger partial charge in [-0.05, 0) is 17.7 Å². The second-order valence-corrected chi connectivity index (χ2v) is 8.09. The van der Waals surface area contributed by atoms with Crippen molar-refractivity contribution in [1.29, 1.82) is 0 Å². The van der Waals surface area contributed by atoms with E-state index in [4.69, 9.17) is 5.11 Å². The van der Waals surface area contributed by atoms with Crippen molar-refractivity contribution in [2.75, 3.05) is 12.4 Å². The molecule has 1 aromatic carbocycles. The first-order valence-corrected chi connectivity index (χ1v) is 9.39. The maximum atomic E-state index is 12.2. The van der Waals surface area contributed by atoms with Crippen molar-refractivity contribution in [3.63, 3.8) is 0 Å². The topological polar surface area (TPSA) is 80.2 Å². The summed E-state index contributed by atoms with van der Waals surface area (Å²) in [5.74, 6) is -0.332. The average Bonchev–Trinajstić information content (AvgIpc) is 3.03. The highest BCUT2D eigenvalue weighted by Gasteiger charge is 2.23. The van der Waals surface area contributed by atoms with Crippen molar-refractivity contribution in [2.24, 2.45) is 0 Å². The monoisotopic (exact) mass is 346 g/mol. The average molecular weight is 346 g/mol. The van der Waals surface area contributed by atoms with Crippen molar-refractivity contribution in [3.05, 3.63) is 54.9 Å². The zero-order valence-electron chi connectivity index (χ0n) is 12.1. The van der Waals surface area contributed by atoms with Gasteiger partial charge in [0.2, 0.25) is 14.2 Å². The maximum Gasteiger partial charge on any atom is 0.210 e. The van der Waals surface area contributed by atoms with Crippen LogP contribution in [0.5, 0.6) is 0 Å². The SMILES string of the molecule is O=S(=O)(CCO)c1nc(-c2cccnc2)c(-c2ccccc2)s1. The molecule has 0 radical (unpaired) electrons. The number of sulfone groups is 1. The van der Waals surface area contributed by atoms with E-state index < -0.39 is 16.4 Å². The van der Waals surface area contributed by atoms with E-state index in [1.54, 1.807) is 18.5 Å². The number of aliphatic hydroxyl groups excluding tert-OH is 1. The molecule has 5 nitrogen and oxygen atoms in total. The van der Waals surface area contributed by atoms with Crippen LogP contribution in [-0.2, 0) is 9.84 Å². The van der Waals surface area contributed by atoms with Gasteiger partial charge in [0.25, 0.3) is 0 Å². The largest absolute Gasteiger partial charge is 0.395 e. The summed E-state index contributed by atoms with van der Waals surface area (Å²) in [6.07, 6.45) is 3.31. The van der Waals surface area contributed by atoms with Crippen LogP contribution >= 0.6 is 11.3 Å². The van der Waals surface area contributed by atoms with Crippen molar-refractivity contribution in [1.82, 2.24) is 9.97 Å². The molecule has 3 rings (SSSR count).